The zero-order chi connectivity index (χ0) is 27.9. The van der Waals surface area contributed by atoms with Crippen molar-refractivity contribution >= 4 is 36.5 Å². The average molecular weight is 554 g/mol. The van der Waals surface area contributed by atoms with Gasteiger partial charge < -0.3 is 14.2 Å². The summed E-state index contributed by atoms with van der Waals surface area (Å²) in [6, 6.07) is 14.4. The number of rotatable bonds is 9. The number of ether oxygens (including phenoxy) is 1. The van der Waals surface area contributed by atoms with Crippen LogP contribution in [0.5, 0.6) is 0 Å². The van der Waals surface area contributed by atoms with Crippen LogP contribution in [0.3, 0.4) is 0 Å². The van der Waals surface area contributed by atoms with Gasteiger partial charge in [-0.3, -0.25) is 9.36 Å². The van der Waals surface area contributed by atoms with Gasteiger partial charge in [0, 0.05) is 39.2 Å². The zero-order valence-corrected chi connectivity index (χ0v) is 24.3. The molecule has 0 saturated carbocycles. The summed E-state index contributed by atoms with van der Waals surface area (Å²) in [4.78, 5) is 25.5. The summed E-state index contributed by atoms with van der Waals surface area (Å²) >= 11 is 0. The maximum atomic E-state index is 13.7. The van der Waals surface area contributed by atoms with Crippen LogP contribution in [0, 0.1) is 0 Å². The Morgan fingerprint density at radius 1 is 1.12 bits per heavy atom. The fourth-order valence-corrected chi connectivity index (χ4v) is 6.24. The van der Waals surface area contributed by atoms with E-state index in [1.807, 2.05) is 65.5 Å². The molecule has 0 amide bonds. The molecule has 0 N–H and O–H groups in total. The Balaban J connectivity index is 1.43. The van der Waals surface area contributed by atoms with Gasteiger partial charge in [0.25, 0.3) is 5.56 Å². The molecule has 0 radical (unpaired) electrons. The predicted molar refractivity (Wildman–Crippen MR) is 162 cm³/mol. The highest BCUT2D eigenvalue weighted by Gasteiger charge is 2.34. The molecule has 6 rings (SSSR count). The molecule has 1 aliphatic rings. The van der Waals surface area contributed by atoms with Crippen LogP contribution < -0.4 is 10.5 Å². The fourth-order valence-electron chi connectivity index (χ4n) is 5.48. The monoisotopic (exact) mass is 553 g/mol. The third kappa shape index (κ3) is 4.77. The Morgan fingerprint density at radius 2 is 1.95 bits per heavy atom. The minimum absolute atomic E-state index is 0.0886. The van der Waals surface area contributed by atoms with E-state index in [0.717, 1.165) is 60.1 Å². The van der Waals surface area contributed by atoms with Crippen LogP contribution in [0.1, 0.15) is 30.3 Å². The number of benzene rings is 1. The Kier molecular flexibility index (Phi) is 6.89. The van der Waals surface area contributed by atoms with Crippen molar-refractivity contribution in [3.05, 3.63) is 89.5 Å². The number of nitrogens with zero attached hydrogens (tertiary/aromatic N) is 7. The number of anilines is 1. The minimum Gasteiger partial charge on any atom is -0.361 e. The maximum absolute atomic E-state index is 13.7. The molecule has 10 heteroatoms. The summed E-state index contributed by atoms with van der Waals surface area (Å²) in [6.07, 6.45) is 9.14. The first-order valence-electron chi connectivity index (χ1n) is 13.8. The van der Waals surface area contributed by atoms with Crippen molar-refractivity contribution in [3.63, 3.8) is 0 Å². The second kappa shape index (κ2) is 10.5. The molecular weight excluding hydrogens is 518 g/mol. The molecule has 1 fully saturated rings. The van der Waals surface area contributed by atoms with Gasteiger partial charge in [0.1, 0.15) is 30.0 Å². The van der Waals surface area contributed by atoms with Gasteiger partial charge in [0.05, 0.1) is 17.1 Å². The molecule has 40 heavy (non-hydrogen) atoms. The van der Waals surface area contributed by atoms with Crippen LogP contribution >= 0.6 is 0 Å². The third-order valence-electron chi connectivity index (χ3n) is 7.54. The summed E-state index contributed by atoms with van der Waals surface area (Å²) in [7, 11) is -1.18. The Bertz CT molecular complexity index is 1730. The second-order valence-corrected chi connectivity index (χ2v) is 17.1. The van der Waals surface area contributed by atoms with E-state index in [2.05, 4.69) is 36.1 Å². The van der Waals surface area contributed by atoms with Gasteiger partial charge in [-0.2, -0.15) is 5.10 Å². The number of fused-ring (bicyclic) bond motifs is 2. The van der Waals surface area contributed by atoms with Gasteiger partial charge in [0.15, 0.2) is 5.82 Å². The lowest BCUT2D eigenvalue weighted by Crippen LogP contribution is -2.33. The molecule has 5 aromatic rings. The van der Waals surface area contributed by atoms with Crippen molar-refractivity contribution in [1.29, 1.82) is 0 Å². The van der Waals surface area contributed by atoms with Crippen molar-refractivity contribution < 1.29 is 4.74 Å². The molecule has 1 atom stereocenters. The maximum Gasteiger partial charge on any atom is 0.282 e. The van der Waals surface area contributed by atoms with Gasteiger partial charge in [-0.1, -0.05) is 50.5 Å². The van der Waals surface area contributed by atoms with E-state index >= 15 is 0 Å². The molecule has 9 nitrogen and oxygen atoms in total. The summed E-state index contributed by atoms with van der Waals surface area (Å²) < 4.78 is 11.5. The van der Waals surface area contributed by atoms with Gasteiger partial charge >= 0.3 is 0 Å². The number of aromatic nitrogens is 6. The first kappa shape index (κ1) is 26.2. The zero-order valence-electron chi connectivity index (χ0n) is 23.3. The van der Waals surface area contributed by atoms with Gasteiger partial charge in [-0.15, -0.1) is 0 Å². The van der Waals surface area contributed by atoms with Gasteiger partial charge in [-0.05, 0) is 43.2 Å². The van der Waals surface area contributed by atoms with Crippen LogP contribution in [0.15, 0.2) is 72.6 Å². The average Bonchev–Trinajstić information content (AvgIpc) is 3.69. The molecule has 0 aliphatic carbocycles. The molecule has 1 unspecified atom stereocenters. The molecule has 1 aromatic carbocycles. The van der Waals surface area contributed by atoms with Crippen LogP contribution in [0.4, 0.5) is 5.82 Å². The predicted octanol–water partition coefficient (Wildman–Crippen LogP) is 5.53. The van der Waals surface area contributed by atoms with E-state index in [1.54, 1.807) is 15.4 Å². The van der Waals surface area contributed by atoms with Crippen LogP contribution in [-0.2, 0) is 11.5 Å². The highest BCUT2D eigenvalue weighted by atomic mass is 28.3. The quantitative estimate of drug-likeness (QED) is 0.176. The van der Waals surface area contributed by atoms with E-state index in [4.69, 9.17) is 14.8 Å². The molecule has 1 aliphatic heterocycles. The summed E-state index contributed by atoms with van der Waals surface area (Å²) in [5, 5.41) is 5.92. The largest absolute Gasteiger partial charge is 0.361 e. The van der Waals surface area contributed by atoms with Gasteiger partial charge in [0.2, 0.25) is 0 Å². The lowest BCUT2D eigenvalue weighted by Gasteiger charge is -2.28. The van der Waals surface area contributed by atoms with Crippen LogP contribution in [0.2, 0.25) is 25.7 Å². The molecule has 0 spiro atoms. The third-order valence-corrected chi connectivity index (χ3v) is 9.24. The lowest BCUT2D eigenvalue weighted by molar-refractivity contribution is 0.0898. The molecular formula is C30H35N7O2Si. The normalized spacial score (nSPS) is 15.9. The van der Waals surface area contributed by atoms with Crippen LogP contribution in [-0.4, -0.2) is 49.9 Å². The smallest absolute Gasteiger partial charge is 0.282 e. The first-order chi connectivity index (χ1) is 19.4. The van der Waals surface area contributed by atoms with Crippen LogP contribution in [0.25, 0.3) is 28.3 Å². The van der Waals surface area contributed by atoms with E-state index in [1.165, 1.54) is 0 Å². The molecule has 0 bridgehead atoms. The summed E-state index contributed by atoms with van der Waals surface area (Å²) in [5.74, 6) is 1.52. The second-order valence-electron chi connectivity index (χ2n) is 11.5. The van der Waals surface area contributed by atoms with Crippen molar-refractivity contribution in [3.8, 4) is 5.69 Å². The Labute approximate surface area is 234 Å². The SMILES string of the molecule is C=Cc1cn(COCC[Si](C)(C)C)c2ncnc(N3CCCC3c3nn4cccc4c(=O)n3-c3ccccc3)c12. The topological polar surface area (TPSA) is 82.5 Å². The van der Waals surface area contributed by atoms with Crippen molar-refractivity contribution in [2.24, 2.45) is 0 Å². The lowest BCUT2D eigenvalue weighted by atomic mass is 10.1. The Morgan fingerprint density at radius 3 is 2.73 bits per heavy atom. The highest BCUT2D eigenvalue weighted by Crippen LogP contribution is 2.39. The fraction of sp³-hybridized carbons (Fsp3) is 0.333. The number of para-hydroxylation sites is 1. The van der Waals surface area contributed by atoms with Crippen molar-refractivity contribution in [1.82, 2.24) is 28.7 Å². The van der Waals surface area contributed by atoms with Gasteiger partial charge in [-0.25, -0.2) is 14.5 Å². The van der Waals surface area contributed by atoms with E-state index in [-0.39, 0.29) is 11.6 Å². The Hall–Kier alpha value is -4.02. The first-order valence-corrected chi connectivity index (χ1v) is 17.5. The molecule has 5 heterocycles. The molecule has 4 aromatic heterocycles. The molecule has 1 saturated heterocycles. The molecule has 206 valence electrons. The van der Waals surface area contributed by atoms with E-state index in [0.29, 0.717) is 18.1 Å². The highest BCUT2D eigenvalue weighted by molar-refractivity contribution is 6.76. The number of hydrogen-bond donors (Lipinski definition) is 0. The van der Waals surface area contributed by atoms with Crippen molar-refractivity contribution in [2.75, 3.05) is 18.1 Å². The van der Waals surface area contributed by atoms with E-state index < -0.39 is 8.07 Å². The standard InChI is InChI=1S/C30H35N7O2Si/c1-5-22-19-34(21-39-17-18-40(2,3)4)28-26(22)29(32-20-31-28)35-15-9-13-24(35)27-33-36-16-10-14-25(36)30(38)37(27)23-11-7-6-8-12-23/h5-8,10-12,14,16,19-20,24H,1,9,13,15,17-18,21H2,2-4H3. The van der Waals surface area contributed by atoms with E-state index in [9.17, 15) is 4.79 Å². The summed E-state index contributed by atoms with van der Waals surface area (Å²) in [5.41, 5.74) is 3.02. The minimum atomic E-state index is -1.18. The summed E-state index contributed by atoms with van der Waals surface area (Å²) in [6.45, 7) is 13.1. The van der Waals surface area contributed by atoms with Crippen molar-refractivity contribution in [2.45, 2.75) is 51.3 Å². The number of hydrogen-bond acceptors (Lipinski definition) is 6.